The lowest BCUT2D eigenvalue weighted by Gasteiger charge is -2.22. The normalized spacial score (nSPS) is 24.0. The van der Waals surface area contributed by atoms with Crippen LogP contribution in [0, 0.1) is 0 Å². The van der Waals surface area contributed by atoms with Crippen LogP contribution < -0.4 is 0 Å². The summed E-state index contributed by atoms with van der Waals surface area (Å²) < 4.78 is 7.33. The van der Waals surface area contributed by atoms with Crippen LogP contribution in [0.2, 0.25) is 0 Å². The summed E-state index contributed by atoms with van der Waals surface area (Å²) in [6.45, 7) is 3.57. The highest BCUT2D eigenvalue weighted by atomic mass is 16.5. The summed E-state index contributed by atoms with van der Waals surface area (Å²) in [6.07, 6.45) is 6.24. The molecule has 0 aliphatic carbocycles. The molecule has 0 spiro atoms. The number of aliphatic hydroxyl groups is 1. The van der Waals surface area contributed by atoms with Crippen molar-refractivity contribution < 1.29 is 9.84 Å². The van der Waals surface area contributed by atoms with E-state index in [1.54, 1.807) is 6.20 Å². The van der Waals surface area contributed by atoms with Crippen molar-refractivity contribution in [3.63, 3.8) is 0 Å². The Kier molecular flexibility index (Phi) is 3.38. The molecule has 1 saturated heterocycles. The van der Waals surface area contributed by atoms with E-state index in [-0.39, 0.29) is 6.10 Å². The molecule has 2 heterocycles. The molecule has 2 rings (SSSR count). The molecular formula is C11H18N2O2. The molecule has 2 unspecified atom stereocenters. The Morgan fingerprint density at radius 3 is 3.27 bits per heavy atom. The van der Waals surface area contributed by atoms with E-state index < -0.39 is 0 Å². The summed E-state index contributed by atoms with van der Waals surface area (Å²) in [6, 6.07) is 0.344. The van der Waals surface area contributed by atoms with Crippen molar-refractivity contribution in [3.05, 3.63) is 18.0 Å². The topological polar surface area (TPSA) is 47.3 Å². The lowest BCUT2D eigenvalue weighted by atomic mass is 10.1. The van der Waals surface area contributed by atoms with E-state index in [0.29, 0.717) is 6.04 Å². The average molecular weight is 210 g/mol. The Labute approximate surface area is 89.9 Å². The molecular weight excluding hydrogens is 192 g/mol. The first-order valence-corrected chi connectivity index (χ1v) is 5.61. The van der Waals surface area contributed by atoms with Crippen molar-refractivity contribution in [2.45, 2.75) is 38.3 Å². The van der Waals surface area contributed by atoms with Gasteiger partial charge >= 0.3 is 0 Å². The number of nitrogens with zero attached hydrogens (tertiary/aromatic N) is 2. The van der Waals surface area contributed by atoms with Gasteiger partial charge in [0.05, 0.1) is 24.9 Å². The average Bonchev–Trinajstić information content (AvgIpc) is 2.78. The first kappa shape index (κ1) is 10.6. The number of ether oxygens (including phenoxy) is 1. The van der Waals surface area contributed by atoms with Crippen LogP contribution in [0.4, 0.5) is 0 Å². The highest BCUT2D eigenvalue weighted by molar-refractivity contribution is 5.08. The zero-order chi connectivity index (χ0) is 10.7. The predicted molar refractivity (Wildman–Crippen MR) is 56.6 cm³/mol. The van der Waals surface area contributed by atoms with E-state index in [2.05, 4.69) is 5.10 Å². The summed E-state index contributed by atoms with van der Waals surface area (Å²) in [4.78, 5) is 0. The van der Waals surface area contributed by atoms with Crippen molar-refractivity contribution in [2.24, 2.45) is 0 Å². The maximum atomic E-state index is 9.66. The van der Waals surface area contributed by atoms with Gasteiger partial charge in [-0.3, -0.25) is 4.68 Å². The number of rotatable bonds is 3. The van der Waals surface area contributed by atoms with Crippen LogP contribution in [0.1, 0.15) is 43.9 Å². The molecule has 0 aromatic carbocycles. The van der Waals surface area contributed by atoms with Gasteiger partial charge in [0.2, 0.25) is 0 Å². The molecule has 4 nitrogen and oxygen atoms in total. The van der Waals surface area contributed by atoms with Crippen molar-refractivity contribution >= 4 is 0 Å². The van der Waals surface area contributed by atoms with Gasteiger partial charge in [0, 0.05) is 18.4 Å². The molecule has 15 heavy (non-hydrogen) atoms. The van der Waals surface area contributed by atoms with Crippen molar-refractivity contribution in [3.8, 4) is 0 Å². The van der Waals surface area contributed by atoms with Crippen LogP contribution >= 0.6 is 0 Å². The second-order valence-electron chi connectivity index (χ2n) is 4.05. The second kappa shape index (κ2) is 4.77. The summed E-state index contributed by atoms with van der Waals surface area (Å²) in [7, 11) is 0. The molecule has 1 aliphatic heterocycles. The Morgan fingerprint density at radius 1 is 1.73 bits per heavy atom. The monoisotopic (exact) mass is 210 g/mol. The Morgan fingerprint density at radius 2 is 2.60 bits per heavy atom. The van der Waals surface area contributed by atoms with E-state index in [0.717, 1.165) is 38.0 Å². The van der Waals surface area contributed by atoms with Crippen molar-refractivity contribution in [1.29, 1.82) is 0 Å². The predicted octanol–water partition coefficient (Wildman–Crippen LogP) is 1.68. The lowest BCUT2D eigenvalue weighted by Crippen LogP contribution is -2.21. The minimum Gasteiger partial charge on any atom is -0.388 e. The van der Waals surface area contributed by atoms with Gasteiger partial charge in [0.25, 0.3) is 0 Å². The van der Waals surface area contributed by atoms with Gasteiger partial charge in [-0.25, -0.2) is 0 Å². The third-order valence-corrected chi connectivity index (χ3v) is 2.90. The minimum atomic E-state index is -0.386. The third-order valence-electron chi connectivity index (χ3n) is 2.90. The van der Waals surface area contributed by atoms with Gasteiger partial charge in [-0.2, -0.15) is 5.10 Å². The fourth-order valence-corrected chi connectivity index (χ4v) is 1.89. The SMILES string of the molecule is CCC(O)c1cnn(C2CCCOC2)c1. The van der Waals surface area contributed by atoms with Gasteiger partial charge < -0.3 is 9.84 Å². The summed E-state index contributed by atoms with van der Waals surface area (Å²) in [5.41, 5.74) is 0.906. The number of aliphatic hydroxyl groups excluding tert-OH is 1. The molecule has 1 N–H and O–H groups in total. The van der Waals surface area contributed by atoms with Crippen LogP contribution in [-0.2, 0) is 4.74 Å². The fraction of sp³-hybridized carbons (Fsp3) is 0.727. The van der Waals surface area contributed by atoms with E-state index in [1.807, 2.05) is 17.8 Å². The Balaban J connectivity index is 2.05. The van der Waals surface area contributed by atoms with Gasteiger partial charge in [0.15, 0.2) is 0 Å². The van der Waals surface area contributed by atoms with Crippen LogP contribution in [0.15, 0.2) is 12.4 Å². The number of hydrogen-bond donors (Lipinski definition) is 1. The third kappa shape index (κ3) is 2.38. The smallest absolute Gasteiger partial charge is 0.0817 e. The first-order valence-electron chi connectivity index (χ1n) is 5.61. The minimum absolute atomic E-state index is 0.344. The van der Waals surface area contributed by atoms with E-state index in [9.17, 15) is 5.11 Å². The molecule has 1 aromatic heterocycles. The second-order valence-corrected chi connectivity index (χ2v) is 4.05. The van der Waals surface area contributed by atoms with E-state index in [4.69, 9.17) is 4.74 Å². The fourth-order valence-electron chi connectivity index (χ4n) is 1.89. The number of hydrogen-bond acceptors (Lipinski definition) is 3. The van der Waals surface area contributed by atoms with E-state index >= 15 is 0 Å². The highest BCUT2D eigenvalue weighted by Gasteiger charge is 2.17. The number of aromatic nitrogens is 2. The Bertz CT molecular complexity index is 305. The lowest BCUT2D eigenvalue weighted by molar-refractivity contribution is 0.0548. The largest absolute Gasteiger partial charge is 0.388 e. The molecule has 1 aromatic rings. The van der Waals surface area contributed by atoms with Gasteiger partial charge in [0.1, 0.15) is 0 Å². The van der Waals surface area contributed by atoms with Crippen LogP contribution in [0.3, 0.4) is 0 Å². The van der Waals surface area contributed by atoms with Gasteiger partial charge in [-0.1, -0.05) is 6.92 Å². The molecule has 2 atom stereocenters. The highest BCUT2D eigenvalue weighted by Crippen LogP contribution is 2.21. The van der Waals surface area contributed by atoms with Crippen molar-refractivity contribution in [2.75, 3.05) is 13.2 Å². The maximum Gasteiger partial charge on any atom is 0.0817 e. The van der Waals surface area contributed by atoms with E-state index in [1.165, 1.54) is 0 Å². The zero-order valence-electron chi connectivity index (χ0n) is 9.09. The zero-order valence-corrected chi connectivity index (χ0v) is 9.09. The molecule has 0 saturated carbocycles. The van der Waals surface area contributed by atoms with Crippen LogP contribution in [0.25, 0.3) is 0 Å². The standard InChI is InChI=1S/C11H18N2O2/c1-2-11(14)9-6-12-13(7-9)10-4-3-5-15-8-10/h6-7,10-11,14H,2-5,8H2,1H3. The molecule has 0 radical (unpaired) electrons. The summed E-state index contributed by atoms with van der Waals surface area (Å²) >= 11 is 0. The molecule has 4 heteroatoms. The summed E-state index contributed by atoms with van der Waals surface area (Å²) in [5.74, 6) is 0. The molecule has 0 bridgehead atoms. The summed E-state index contributed by atoms with van der Waals surface area (Å²) in [5, 5.41) is 13.9. The van der Waals surface area contributed by atoms with Crippen molar-refractivity contribution in [1.82, 2.24) is 9.78 Å². The molecule has 1 fully saturated rings. The maximum absolute atomic E-state index is 9.66. The van der Waals surface area contributed by atoms with Gasteiger partial charge in [-0.05, 0) is 19.3 Å². The Hall–Kier alpha value is -0.870. The molecule has 1 aliphatic rings. The first-order chi connectivity index (χ1) is 7.31. The molecule has 0 amide bonds. The van der Waals surface area contributed by atoms with Gasteiger partial charge in [-0.15, -0.1) is 0 Å². The van der Waals surface area contributed by atoms with Crippen LogP contribution in [0.5, 0.6) is 0 Å². The van der Waals surface area contributed by atoms with Crippen LogP contribution in [-0.4, -0.2) is 28.1 Å². The quantitative estimate of drug-likeness (QED) is 0.825. The molecule has 84 valence electrons.